The molecule has 1 aromatic rings. The SMILES string of the molecule is COC(=O)CCN1CCN(c2ncc(Cl)cn2)C(C)C1. The zero-order valence-corrected chi connectivity index (χ0v) is 12.5. The number of anilines is 1. The second-order valence-corrected chi connectivity index (χ2v) is 5.31. The van der Waals surface area contributed by atoms with Crippen LogP contribution in [0.5, 0.6) is 0 Å². The van der Waals surface area contributed by atoms with E-state index in [1.165, 1.54) is 7.11 Å². The van der Waals surface area contributed by atoms with Gasteiger partial charge in [-0.15, -0.1) is 0 Å². The van der Waals surface area contributed by atoms with E-state index in [2.05, 4.69) is 31.4 Å². The molecule has 1 aliphatic rings. The number of esters is 1. The highest BCUT2D eigenvalue weighted by Gasteiger charge is 2.25. The van der Waals surface area contributed by atoms with E-state index < -0.39 is 0 Å². The van der Waals surface area contributed by atoms with E-state index in [9.17, 15) is 4.79 Å². The lowest BCUT2D eigenvalue weighted by molar-refractivity contribution is -0.141. The van der Waals surface area contributed by atoms with Crippen molar-refractivity contribution in [3.05, 3.63) is 17.4 Å². The van der Waals surface area contributed by atoms with Crippen LogP contribution in [-0.2, 0) is 9.53 Å². The lowest BCUT2D eigenvalue weighted by Crippen LogP contribution is -2.52. The van der Waals surface area contributed by atoms with Crippen LogP contribution in [0.4, 0.5) is 5.95 Å². The van der Waals surface area contributed by atoms with Gasteiger partial charge in [0.05, 0.1) is 30.9 Å². The second-order valence-electron chi connectivity index (χ2n) is 4.87. The smallest absolute Gasteiger partial charge is 0.306 e. The first-order valence-corrected chi connectivity index (χ1v) is 7.01. The fraction of sp³-hybridized carbons (Fsp3) is 0.615. The Morgan fingerprint density at radius 2 is 2.15 bits per heavy atom. The number of piperazine rings is 1. The molecule has 0 spiro atoms. The maximum atomic E-state index is 11.2. The Morgan fingerprint density at radius 3 is 2.75 bits per heavy atom. The molecule has 0 bridgehead atoms. The Morgan fingerprint density at radius 1 is 1.45 bits per heavy atom. The minimum Gasteiger partial charge on any atom is -0.469 e. The van der Waals surface area contributed by atoms with Crippen molar-refractivity contribution < 1.29 is 9.53 Å². The molecule has 110 valence electrons. The minimum absolute atomic E-state index is 0.166. The standard InChI is InChI=1S/C13H19ClN4O2/c1-10-9-17(4-3-12(19)20-2)5-6-18(10)13-15-7-11(14)8-16-13/h7-8,10H,3-6,9H2,1-2H3. The topological polar surface area (TPSA) is 58.6 Å². The maximum absolute atomic E-state index is 11.2. The molecular weight excluding hydrogens is 280 g/mol. The van der Waals surface area contributed by atoms with E-state index >= 15 is 0 Å². The Hall–Kier alpha value is -1.40. The lowest BCUT2D eigenvalue weighted by atomic mass is 10.2. The van der Waals surface area contributed by atoms with Gasteiger partial charge in [-0.3, -0.25) is 9.69 Å². The van der Waals surface area contributed by atoms with Gasteiger partial charge in [0, 0.05) is 32.2 Å². The molecule has 1 saturated heterocycles. The van der Waals surface area contributed by atoms with E-state index in [-0.39, 0.29) is 5.97 Å². The molecule has 7 heteroatoms. The van der Waals surface area contributed by atoms with E-state index in [1.54, 1.807) is 12.4 Å². The third-order valence-electron chi connectivity index (χ3n) is 3.44. The highest BCUT2D eigenvalue weighted by molar-refractivity contribution is 6.30. The Kier molecular flexibility index (Phi) is 5.14. The van der Waals surface area contributed by atoms with Gasteiger partial charge < -0.3 is 9.64 Å². The predicted molar refractivity (Wildman–Crippen MR) is 76.9 cm³/mol. The molecule has 1 fully saturated rings. The van der Waals surface area contributed by atoms with Crippen LogP contribution in [0.15, 0.2) is 12.4 Å². The highest BCUT2D eigenvalue weighted by Crippen LogP contribution is 2.17. The van der Waals surface area contributed by atoms with Gasteiger partial charge in [-0.1, -0.05) is 11.6 Å². The van der Waals surface area contributed by atoms with Gasteiger partial charge in [0.15, 0.2) is 0 Å². The first-order chi connectivity index (χ1) is 9.60. The van der Waals surface area contributed by atoms with Crippen LogP contribution in [0.25, 0.3) is 0 Å². The summed E-state index contributed by atoms with van der Waals surface area (Å²) in [5, 5.41) is 0.540. The summed E-state index contributed by atoms with van der Waals surface area (Å²) in [4.78, 5) is 24.1. The van der Waals surface area contributed by atoms with Crippen LogP contribution in [0.3, 0.4) is 0 Å². The fourth-order valence-corrected chi connectivity index (χ4v) is 2.44. The Bertz CT molecular complexity index is 454. The first-order valence-electron chi connectivity index (χ1n) is 6.63. The van der Waals surface area contributed by atoms with Crippen LogP contribution >= 0.6 is 11.6 Å². The fourth-order valence-electron chi connectivity index (χ4n) is 2.34. The van der Waals surface area contributed by atoms with Crippen molar-refractivity contribution in [1.29, 1.82) is 0 Å². The summed E-state index contributed by atoms with van der Waals surface area (Å²) >= 11 is 5.80. The molecule has 0 radical (unpaired) electrons. The van der Waals surface area contributed by atoms with Crippen molar-refractivity contribution in [3.8, 4) is 0 Å². The molecular formula is C13H19ClN4O2. The molecule has 6 nitrogen and oxygen atoms in total. The maximum Gasteiger partial charge on any atom is 0.306 e. The van der Waals surface area contributed by atoms with E-state index in [4.69, 9.17) is 11.6 Å². The van der Waals surface area contributed by atoms with Gasteiger partial charge in [-0.2, -0.15) is 0 Å². The number of ether oxygens (including phenoxy) is 1. The van der Waals surface area contributed by atoms with Gasteiger partial charge in [0.25, 0.3) is 0 Å². The summed E-state index contributed by atoms with van der Waals surface area (Å²) in [6, 6.07) is 0.294. The van der Waals surface area contributed by atoms with Gasteiger partial charge >= 0.3 is 5.97 Å². The van der Waals surface area contributed by atoms with Gasteiger partial charge in [-0.05, 0) is 6.92 Å². The molecule has 2 rings (SSSR count). The quantitative estimate of drug-likeness (QED) is 0.779. The van der Waals surface area contributed by atoms with Crippen LogP contribution in [0.1, 0.15) is 13.3 Å². The van der Waals surface area contributed by atoms with Crippen molar-refractivity contribution >= 4 is 23.5 Å². The number of nitrogens with zero attached hydrogens (tertiary/aromatic N) is 4. The third kappa shape index (κ3) is 3.80. The van der Waals surface area contributed by atoms with Crippen molar-refractivity contribution in [1.82, 2.24) is 14.9 Å². The molecule has 0 aromatic carbocycles. The number of hydrogen-bond donors (Lipinski definition) is 0. The Labute approximate surface area is 123 Å². The van der Waals surface area contributed by atoms with Gasteiger partial charge in [0.2, 0.25) is 5.95 Å². The molecule has 1 aromatic heterocycles. The summed E-state index contributed by atoms with van der Waals surface area (Å²) in [6.45, 7) is 5.45. The van der Waals surface area contributed by atoms with Crippen LogP contribution in [0.2, 0.25) is 5.02 Å². The zero-order chi connectivity index (χ0) is 14.5. The van der Waals surface area contributed by atoms with Gasteiger partial charge in [0.1, 0.15) is 0 Å². The second kappa shape index (κ2) is 6.85. The highest BCUT2D eigenvalue weighted by atomic mass is 35.5. The number of methoxy groups -OCH3 is 1. The van der Waals surface area contributed by atoms with Gasteiger partial charge in [-0.25, -0.2) is 9.97 Å². The molecule has 1 aliphatic heterocycles. The average molecular weight is 299 g/mol. The number of carbonyl (C=O) groups is 1. The summed E-state index contributed by atoms with van der Waals surface area (Å²) in [5.41, 5.74) is 0. The van der Waals surface area contributed by atoms with Crippen LogP contribution in [-0.4, -0.2) is 60.2 Å². The predicted octanol–water partition coefficient (Wildman–Crippen LogP) is 1.20. The number of halogens is 1. The van der Waals surface area contributed by atoms with Crippen molar-refractivity contribution in [3.63, 3.8) is 0 Å². The number of carbonyl (C=O) groups excluding carboxylic acids is 1. The number of hydrogen-bond acceptors (Lipinski definition) is 6. The van der Waals surface area contributed by atoms with Crippen LogP contribution in [0, 0.1) is 0 Å². The Balaban J connectivity index is 1.89. The van der Waals surface area contributed by atoms with E-state index in [1.807, 2.05) is 0 Å². The summed E-state index contributed by atoms with van der Waals surface area (Å²) in [7, 11) is 1.42. The van der Waals surface area contributed by atoms with Crippen LogP contribution < -0.4 is 4.90 Å². The number of rotatable bonds is 4. The van der Waals surface area contributed by atoms with Crippen molar-refractivity contribution in [2.24, 2.45) is 0 Å². The monoisotopic (exact) mass is 298 g/mol. The molecule has 0 aliphatic carbocycles. The zero-order valence-electron chi connectivity index (χ0n) is 11.8. The molecule has 2 heterocycles. The molecule has 1 unspecified atom stereocenters. The first kappa shape index (κ1) is 15.0. The lowest BCUT2D eigenvalue weighted by Gasteiger charge is -2.39. The van der Waals surface area contributed by atoms with E-state index in [0.717, 1.165) is 26.2 Å². The molecule has 0 N–H and O–H groups in total. The average Bonchev–Trinajstić information content (AvgIpc) is 2.46. The minimum atomic E-state index is -0.166. The van der Waals surface area contributed by atoms with Crippen molar-refractivity contribution in [2.45, 2.75) is 19.4 Å². The summed E-state index contributed by atoms with van der Waals surface area (Å²) in [5.74, 6) is 0.538. The van der Waals surface area contributed by atoms with E-state index in [0.29, 0.717) is 23.4 Å². The summed E-state index contributed by atoms with van der Waals surface area (Å²) in [6.07, 6.45) is 3.65. The summed E-state index contributed by atoms with van der Waals surface area (Å²) < 4.78 is 4.66. The normalized spacial score (nSPS) is 19.9. The third-order valence-corrected chi connectivity index (χ3v) is 3.63. The van der Waals surface area contributed by atoms with Crippen molar-refractivity contribution in [2.75, 3.05) is 38.2 Å². The molecule has 0 amide bonds. The molecule has 1 atom stereocenters. The molecule has 0 saturated carbocycles. The largest absolute Gasteiger partial charge is 0.469 e. The molecule has 20 heavy (non-hydrogen) atoms. The number of aromatic nitrogens is 2.